The van der Waals surface area contributed by atoms with Gasteiger partial charge in [-0.05, 0) is 44.4 Å². The summed E-state index contributed by atoms with van der Waals surface area (Å²) in [7, 11) is -3.49. The van der Waals surface area contributed by atoms with Crippen LogP contribution in [0.2, 0.25) is 0 Å². The maximum absolute atomic E-state index is 13.4. The Morgan fingerprint density at radius 1 is 1.42 bits per heavy atom. The summed E-state index contributed by atoms with van der Waals surface area (Å²) < 4.78 is 39.9. The molecular formula is C13H19FN2O2S. The zero-order chi connectivity index (χ0) is 14.0. The van der Waals surface area contributed by atoms with E-state index in [2.05, 4.69) is 10.0 Å². The molecule has 1 aromatic carbocycles. The van der Waals surface area contributed by atoms with Crippen LogP contribution in [0.1, 0.15) is 25.3 Å². The quantitative estimate of drug-likeness (QED) is 0.841. The Hall–Kier alpha value is -1.14. The maximum atomic E-state index is 13.4. The highest BCUT2D eigenvalue weighted by molar-refractivity contribution is 7.93. The molecule has 0 aromatic heterocycles. The molecule has 1 unspecified atom stereocenters. The van der Waals surface area contributed by atoms with E-state index in [0.29, 0.717) is 18.2 Å². The van der Waals surface area contributed by atoms with Crippen molar-refractivity contribution in [3.8, 4) is 0 Å². The number of nitrogens with one attached hydrogen (secondary N) is 2. The predicted octanol–water partition coefficient (Wildman–Crippen LogP) is 2.02. The minimum absolute atomic E-state index is 0.265. The molecule has 1 aliphatic carbocycles. The lowest BCUT2D eigenvalue weighted by molar-refractivity contribution is 0.576. The first-order chi connectivity index (χ1) is 8.88. The molecule has 1 saturated carbocycles. The predicted molar refractivity (Wildman–Crippen MR) is 74.2 cm³/mol. The summed E-state index contributed by atoms with van der Waals surface area (Å²) in [5, 5.41) is 2.62. The summed E-state index contributed by atoms with van der Waals surface area (Å²) in [4.78, 5) is 0. The lowest BCUT2D eigenvalue weighted by Crippen LogP contribution is -2.35. The second-order valence-corrected chi connectivity index (χ2v) is 7.20. The summed E-state index contributed by atoms with van der Waals surface area (Å²) in [6, 6.07) is 4.79. The van der Waals surface area contributed by atoms with Gasteiger partial charge in [-0.1, -0.05) is 6.07 Å². The fourth-order valence-corrected chi connectivity index (χ4v) is 2.62. The van der Waals surface area contributed by atoms with Gasteiger partial charge in [0.1, 0.15) is 5.82 Å². The molecule has 0 saturated heterocycles. The molecule has 1 fully saturated rings. The Bertz CT molecular complexity index is 556. The van der Waals surface area contributed by atoms with Gasteiger partial charge in [0.25, 0.3) is 0 Å². The number of hydrogen-bond donors (Lipinski definition) is 2. The normalized spacial score (nSPS) is 17.2. The first kappa shape index (κ1) is 14.3. The number of halogens is 1. The van der Waals surface area contributed by atoms with Crippen LogP contribution in [0.4, 0.5) is 10.1 Å². The molecule has 2 N–H and O–H groups in total. The smallest absolute Gasteiger partial charge is 0.236 e. The van der Waals surface area contributed by atoms with Crippen LogP contribution in [0.5, 0.6) is 0 Å². The van der Waals surface area contributed by atoms with Crippen LogP contribution in [0.25, 0.3) is 0 Å². The second kappa shape index (κ2) is 5.46. The van der Waals surface area contributed by atoms with Gasteiger partial charge in [-0.2, -0.15) is 0 Å². The average molecular weight is 286 g/mol. The number of aryl methyl sites for hydroxylation is 1. The van der Waals surface area contributed by atoms with Crippen molar-refractivity contribution < 1.29 is 12.8 Å². The highest BCUT2D eigenvalue weighted by Crippen LogP contribution is 2.19. The second-order valence-electron chi connectivity index (χ2n) is 5.10. The van der Waals surface area contributed by atoms with E-state index in [4.69, 9.17) is 0 Å². The minimum atomic E-state index is -3.49. The van der Waals surface area contributed by atoms with E-state index < -0.39 is 21.1 Å². The highest BCUT2D eigenvalue weighted by atomic mass is 32.2. The van der Waals surface area contributed by atoms with Crippen molar-refractivity contribution in [2.45, 2.75) is 38.0 Å². The van der Waals surface area contributed by atoms with Crippen LogP contribution in [-0.4, -0.2) is 26.3 Å². The lowest BCUT2D eigenvalue weighted by atomic mass is 10.2. The van der Waals surface area contributed by atoms with Gasteiger partial charge in [0, 0.05) is 12.6 Å². The molecule has 1 atom stereocenters. The van der Waals surface area contributed by atoms with Crippen LogP contribution in [0.15, 0.2) is 18.2 Å². The molecule has 4 nitrogen and oxygen atoms in total. The number of rotatable bonds is 6. The SMILES string of the molecule is Cc1ccc(NS(=O)(=O)C(C)CNC2CC2)cc1F. The van der Waals surface area contributed by atoms with Gasteiger partial charge < -0.3 is 5.32 Å². The Labute approximate surface area is 113 Å². The van der Waals surface area contributed by atoms with Gasteiger partial charge in [-0.15, -0.1) is 0 Å². The van der Waals surface area contributed by atoms with Crippen molar-refractivity contribution in [3.63, 3.8) is 0 Å². The van der Waals surface area contributed by atoms with E-state index in [0.717, 1.165) is 12.8 Å². The zero-order valence-corrected chi connectivity index (χ0v) is 11.9. The summed E-state index contributed by atoms with van der Waals surface area (Å²) in [5.74, 6) is -0.413. The van der Waals surface area contributed by atoms with Gasteiger partial charge in [0.15, 0.2) is 0 Å². The van der Waals surface area contributed by atoms with Gasteiger partial charge in [0.2, 0.25) is 10.0 Å². The fourth-order valence-electron chi connectivity index (χ4n) is 1.65. The Kier molecular flexibility index (Phi) is 4.10. The van der Waals surface area contributed by atoms with E-state index in [1.54, 1.807) is 26.0 Å². The Morgan fingerprint density at radius 2 is 2.11 bits per heavy atom. The van der Waals surface area contributed by atoms with Crippen LogP contribution in [0, 0.1) is 12.7 Å². The molecule has 0 spiro atoms. The van der Waals surface area contributed by atoms with Crippen molar-refractivity contribution in [2.75, 3.05) is 11.3 Å². The van der Waals surface area contributed by atoms with E-state index in [1.807, 2.05) is 0 Å². The minimum Gasteiger partial charge on any atom is -0.313 e. The van der Waals surface area contributed by atoms with Gasteiger partial charge in [-0.25, -0.2) is 12.8 Å². The number of sulfonamides is 1. The van der Waals surface area contributed by atoms with Crippen LogP contribution in [0.3, 0.4) is 0 Å². The first-order valence-electron chi connectivity index (χ1n) is 6.39. The van der Waals surface area contributed by atoms with Gasteiger partial charge >= 0.3 is 0 Å². The fraction of sp³-hybridized carbons (Fsp3) is 0.538. The lowest BCUT2D eigenvalue weighted by Gasteiger charge is -2.15. The molecule has 0 radical (unpaired) electrons. The molecule has 0 heterocycles. The molecule has 19 heavy (non-hydrogen) atoms. The average Bonchev–Trinajstić information content (AvgIpc) is 3.14. The number of hydrogen-bond acceptors (Lipinski definition) is 3. The third kappa shape index (κ3) is 3.91. The molecular weight excluding hydrogens is 267 g/mol. The summed E-state index contributed by atoms with van der Waals surface area (Å²) in [6.07, 6.45) is 2.23. The summed E-state index contributed by atoms with van der Waals surface area (Å²) in [5.41, 5.74) is 0.757. The first-order valence-corrected chi connectivity index (χ1v) is 7.94. The molecule has 6 heteroatoms. The summed E-state index contributed by atoms with van der Waals surface area (Å²) in [6.45, 7) is 3.69. The number of benzene rings is 1. The topological polar surface area (TPSA) is 58.2 Å². The van der Waals surface area contributed by atoms with E-state index in [-0.39, 0.29) is 5.69 Å². The monoisotopic (exact) mass is 286 g/mol. The van der Waals surface area contributed by atoms with Crippen molar-refractivity contribution in [2.24, 2.45) is 0 Å². The largest absolute Gasteiger partial charge is 0.313 e. The third-order valence-electron chi connectivity index (χ3n) is 3.23. The van der Waals surface area contributed by atoms with E-state index in [9.17, 15) is 12.8 Å². The molecule has 1 aromatic rings. The van der Waals surface area contributed by atoms with Crippen molar-refractivity contribution in [1.82, 2.24) is 5.32 Å². The number of anilines is 1. The molecule has 0 aliphatic heterocycles. The van der Waals surface area contributed by atoms with E-state index >= 15 is 0 Å². The van der Waals surface area contributed by atoms with Crippen molar-refractivity contribution in [1.29, 1.82) is 0 Å². The standard InChI is InChI=1S/C13H19FN2O2S/c1-9-3-4-12(7-13(9)14)16-19(17,18)10(2)8-15-11-5-6-11/h3-4,7,10-11,15-16H,5-6,8H2,1-2H3. The van der Waals surface area contributed by atoms with Crippen molar-refractivity contribution in [3.05, 3.63) is 29.6 Å². The maximum Gasteiger partial charge on any atom is 0.236 e. The highest BCUT2D eigenvalue weighted by Gasteiger charge is 2.25. The van der Waals surface area contributed by atoms with Crippen LogP contribution in [-0.2, 0) is 10.0 Å². The van der Waals surface area contributed by atoms with Gasteiger partial charge in [-0.3, -0.25) is 4.72 Å². The molecule has 2 rings (SSSR count). The molecule has 0 bridgehead atoms. The summed E-state index contributed by atoms with van der Waals surface area (Å²) >= 11 is 0. The van der Waals surface area contributed by atoms with E-state index in [1.165, 1.54) is 6.07 Å². The molecule has 106 valence electrons. The zero-order valence-electron chi connectivity index (χ0n) is 11.1. The molecule has 1 aliphatic rings. The van der Waals surface area contributed by atoms with Crippen molar-refractivity contribution >= 4 is 15.7 Å². The van der Waals surface area contributed by atoms with Crippen LogP contribution < -0.4 is 10.0 Å². The van der Waals surface area contributed by atoms with Gasteiger partial charge in [0.05, 0.1) is 10.9 Å². The van der Waals surface area contributed by atoms with Crippen LogP contribution >= 0.6 is 0 Å². The Morgan fingerprint density at radius 3 is 2.68 bits per heavy atom. The third-order valence-corrected chi connectivity index (χ3v) is 4.98. The Balaban J connectivity index is 2.00. The molecule has 0 amide bonds.